The minimum atomic E-state index is 0. The summed E-state index contributed by atoms with van der Waals surface area (Å²) in [5.74, 6) is 1.99. The molecule has 33 heavy (non-hydrogen) atoms. The molecule has 1 heterocycles. The summed E-state index contributed by atoms with van der Waals surface area (Å²) in [6.45, 7) is 9.02. The van der Waals surface area contributed by atoms with Gasteiger partial charge in [-0.15, -0.1) is 24.0 Å². The second-order valence-electron chi connectivity index (χ2n) is 8.15. The molecule has 2 aromatic rings. The van der Waals surface area contributed by atoms with E-state index in [4.69, 9.17) is 15.2 Å². The third kappa shape index (κ3) is 8.58. The van der Waals surface area contributed by atoms with Crippen molar-refractivity contribution < 1.29 is 9.47 Å². The van der Waals surface area contributed by atoms with E-state index in [0.29, 0.717) is 5.96 Å². The third-order valence-corrected chi connectivity index (χ3v) is 5.82. The van der Waals surface area contributed by atoms with Gasteiger partial charge in [0.2, 0.25) is 0 Å². The molecule has 1 fully saturated rings. The summed E-state index contributed by atoms with van der Waals surface area (Å²) in [6, 6.07) is 14.7. The second-order valence-corrected chi connectivity index (χ2v) is 8.15. The number of rotatable bonds is 10. The van der Waals surface area contributed by atoms with Crippen LogP contribution >= 0.6 is 24.0 Å². The Balaban J connectivity index is 0.00000385. The van der Waals surface area contributed by atoms with Crippen LogP contribution in [0.4, 0.5) is 5.69 Å². The first-order valence-electron chi connectivity index (χ1n) is 11.4. The molecule has 3 rings (SSSR count). The average molecular weight is 568 g/mol. The number of ether oxygens (including phenoxy) is 2. The summed E-state index contributed by atoms with van der Waals surface area (Å²) in [6.07, 6.45) is 1.85. The van der Waals surface area contributed by atoms with Gasteiger partial charge in [0.05, 0.1) is 14.2 Å². The van der Waals surface area contributed by atoms with Gasteiger partial charge in [-0.25, -0.2) is 0 Å². The molecule has 0 aliphatic carbocycles. The lowest BCUT2D eigenvalue weighted by molar-refractivity contribution is 0.256. The quantitative estimate of drug-likeness (QED) is 0.199. The Labute approximate surface area is 215 Å². The van der Waals surface area contributed by atoms with Crippen LogP contribution in [0.3, 0.4) is 0 Å². The number of piperazine rings is 1. The van der Waals surface area contributed by atoms with Crippen molar-refractivity contribution in [3.63, 3.8) is 0 Å². The molecule has 1 aliphatic rings. The highest BCUT2D eigenvalue weighted by molar-refractivity contribution is 14.0. The van der Waals surface area contributed by atoms with E-state index in [0.717, 1.165) is 75.7 Å². The summed E-state index contributed by atoms with van der Waals surface area (Å²) >= 11 is 0. The number of aliphatic imine (C=N–C) groups is 1. The molecule has 0 spiro atoms. The van der Waals surface area contributed by atoms with Crippen molar-refractivity contribution in [3.8, 4) is 11.5 Å². The minimum absolute atomic E-state index is 0. The van der Waals surface area contributed by atoms with E-state index in [9.17, 15) is 0 Å². The molecule has 182 valence electrons. The van der Waals surface area contributed by atoms with Gasteiger partial charge in [0.1, 0.15) is 0 Å². The van der Waals surface area contributed by atoms with Crippen molar-refractivity contribution in [1.82, 2.24) is 10.2 Å². The summed E-state index contributed by atoms with van der Waals surface area (Å²) in [7, 11) is 3.29. The molecule has 0 radical (unpaired) electrons. The molecule has 0 atom stereocenters. The van der Waals surface area contributed by atoms with Crippen LogP contribution in [0.25, 0.3) is 0 Å². The fraction of sp³-hybridized carbons (Fsp3) is 0.480. The molecule has 0 bridgehead atoms. The Kier molecular flexibility index (Phi) is 11.6. The maximum Gasteiger partial charge on any atom is 0.188 e. The highest BCUT2D eigenvalue weighted by atomic mass is 127. The van der Waals surface area contributed by atoms with Crippen molar-refractivity contribution in [2.45, 2.75) is 19.8 Å². The largest absolute Gasteiger partial charge is 0.493 e. The van der Waals surface area contributed by atoms with Crippen molar-refractivity contribution in [1.29, 1.82) is 0 Å². The van der Waals surface area contributed by atoms with E-state index in [-0.39, 0.29) is 24.0 Å². The van der Waals surface area contributed by atoms with Crippen molar-refractivity contribution >= 4 is 35.6 Å². The lowest BCUT2D eigenvalue weighted by atomic mass is 10.1. The average Bonchev–Trinajstić information content (AvgIpc) is 2.82. The van der Waals surface area contributed by atoms with Gasteiger partial charge in [-0.05, 0) is 55.2 Å². The van der Waals surface area contributed by atoms with Gasteiger partial charge in [0.25, 0.3) is 0 Å². The number of hydrogen-bond acceptors (Lipinski definition) is 5. The first-order valence-corrected chi connectivity index (χ1v) is 11.4. The maximum absolute atomic E-state index is 6.03. The summed E-state index contributed by atoms with van der Waals surface area (Å²) in [4.78, 5) is 9.47. The zero-order chi connectivity index (χ0) is 22.8. The molecule has 0 amide bonds. The van der Waals surface area contributed by atoms with Gasteiger partial charge in [0, 0.05) is 51.5 Å². The SMILES string of the molecule is COc1ccc(CCNC(N)=NCCCN2CCN(c3cccc(C)c3)CC2)cc1OC.I. The Bertz CT molecular complexity index is 885. The number of anilines is 1. The van der Waals surface area contributed by atoms with E-state index < -0.39 is 0 Å². The fourth-order valence-corrected chi connectivity index (χ4v) is 3.98. The first kappa shape index (κ1) is 27.0. The zero-order valence-electron chi connectivity index (χ0n) is 20.0. The molecule has 8 heteroatoms. The van der Waals surface area contributed by atoms with Crippen LogP contribution in [0.1, 0.15) is 17.5 Å². The molecule has 1 saturated heterocycles. The molecule has 7 nitrogen and oxygen atoms in total. The van der Waals surface area contributed by atoms with Crippen LogP contribution in [0.2, 0.25) is 0 Å². The number of methoxy groups -OCH3 is 2. The Hall–Kier alpha value is -2.20. The van der Waals surface area contributed by atoms with E-state index in [2.05, 4.69) is 51.3 Å². The standard InChI is InChI=1S/C25H37N5O2.HI/c1-20-6-4-7-22(18-20)30-16-14-29(15-17-30)13-5-11-27-25(26)28-12-10-21-8-9-23(31-2)24(19-21)32-3;/h4,6-9,18-19H,5,10-17H2,1-3H3,(H3,26,27,28);1H. The summed E-state index contributed by atoms with van der Waals surface area (Å²) in [5, 5.41) is 3.20. The predicted molar refractivity (Wildman–Crippen MR) is 148 cm³/mol. The highest BCUT2D eigenvalue weighted by Crippen LogP contribution is 2.27. The zero-order valence-corrected chi connectivity index (χ0v) is 22.4. The molecule has 0 aromatic heterocycles. The first-order chi connectivity index (χ1) is 15.6. The normalized spacial score (nSPS) is 14.5. The third-order valence-electron chi connectivity index (χ3n) is 5.82. The topological polar surface area (TPSA) is 75.4 Å². The van der Waals surface area contributed by atoms with Gasteiger partial charge in [-0.3, -0.25) is 9.89 Å². The van der Waals surface area contributed by atoms with E-state index in [1.807, 2.05) is 18.2 Å². The number of aryl methyl sites for hydroxylation is 1. The van der Waals surface area contributed by atoms with E-state index in [1.54, 1.807) is 14.2 Å². The Morgan fingerprint density at radius 3 is 2.48 bits per heavy atom. The number of halogens is 1. The van der Waals surface area contributed by atoms with Crippen LogP contribution in [-0.2, 0) is 6.42 Å². The smallest absolute Gasteiger partial charge is 0.188 e. The predicted octanol–water partition coefficient (Wildman–Crippen LogP) is 3.29. The molecule has 3 N–H and O–H groups in total. The monoisotopic (exact) mass is 567 g/mol. The minimum Gasteiger partial charge on any atom is -0.493 e. The Morgan fingerprint density at radius 2 is 1.79 bits per heavy atom. The van der Waals surface area contributed by atoms with Crippen molar-refractivity contribution in [2.24, 2.45) is 10.7 Å². The van der Waals surface area contributed by atoms with E-state index in [1.165, 1.54) is 11.3 Å². The molecular weight excluding hydrogens is 529 g/mol. The van der Waals surface area contributed by atoms with Crippen LogP contribution in [-0.4, -0.2) is 70.9 Å². The summed E-state index contributed by atoms with van der Waals surface area (Å²) < 4.78 is 10.6. The van der Waals surface area contributed by atoms with Crippen LogP contribution in [0.15, 0.2) is 47.5 Å². The molecule has 0 saturated carbocycles. The van der Waals surface area contributed by atoms with Gasteiger partial charge < -0.3 is 25.4 Å². The van der Waals surface area contributed by atoms with Crippen molar-refractivity contribution in [2.75, 3.05) is 64.9 Å². The summed E-state index contributed by atoms with van der Waals surface area (Å²) in [5.41, 5.74) is 9.84. The van der Waals surface area contributed by atoms with Gasteiger partial charge in [-0.1, -0.05) is 18.2 Å². The number of hydrogen-bond donors (Lipinski definition) is 2. The van der Waals surface area contributed by atoms with Crippen LogP contribution in [0.5, 0.6) is 11.5 Å². The molecule has 0 unspecified atom stereocenters. The van der Waals surface area contributed by atoms with Crippen LogP contribution in [0, 0.1) is 6.92 Å². The van der Waals surface area contributed by atoms with Gasteiger partial charge >= 0.3 is 0 Å². The lowest BCUT2D eigenvalue weighted by Gasteiger charge is -2.36. The van der Waals surface area contributed by atoms with Gasteiger partial charge in [-0.2, -0.15) is 0 Å². The number of nitrogens with one attached hydrogen (secondary N) is 1. The Morgan fingerprint density at radius 1 is 1.03 bits per heavy atom. The second kappa shape index (κ2) is 14.1. The lowest BCUT2D eigenvalue weighted by Crippen LogP contribution is -2.46. The molecule has 2 aromatic carbocycles. The highest BCUT2D eigenvalue weighted by Gasteiger charge is 2.16. The number of guanidine groups is 1. The number of benzene rings is 2. The number of nitrogens with zero attached hydrogens (tertiary/aromatic N) is 3. The van der Waals surface area contributed by atoms with Gasteiger partial charge in [0.15, 0.2) is 17.5 Å². The maximum atomic E-state index is 6.03. The molecule has 1 aliphatic heterocycles. The van der Waals surface area contributed by atoms with Crippen molar-refractivity contribution in [3.05, 3.63) is 53.6 Å². The molecular formula is C25H38IN5O2. The fourth-order valence-electron chi connectivity index (χ4n) is 3.98. The van der Waals surface area contributed by atoms with E-state index >= 15 is 0 Å². The number of nitrogens with two attached hydrogens (primary N) is 1. The van der Waals surface area contributed by atoms with Crippen LogP contribution < -0.4 is 25.4 Å².